The summed E-state index contributed by atoms with van der Waals surface area (Å²) in [5.41, 5.74) is 0.565. The lowest BCUT2D eigenvalue weighted by Crippen LogP contribution is -2.26. The number of methoxy groups -OCH3 is 1. The number of nitrogens with one attached hydrogen (secondary N) is 1. The molecule has 6 heteroatoms. The molecule has 1 saturated carbocycles. The van der Waals surface area contributed by atoms with Gasteiger partial charge in [-0.15, -0.1) is 6.42 Å². The van der Waals surface area contributed by atoms with Gasteiger partial charge in [-0.25, -0.2) is 0 Å². The zero-order valence-electron chi connectivity index (χ0n) is 12.6. The Hall–Kier alpha value is -2.63. The largest absolute Gasteiger partial charge is 0.493 e. The van der Waals surface area contributed by atoms with Crippen molar-refractivity contribution in [3.63, 3.8) is 0 Å². The van der Waals surface area contributed by atoms with Gasteiger partial charge in [-0.2, -0.15) is 5.26 Å². The summed E-state index contributed by atoms with van der Waals surface area (Å²) >= 11 is 6.16. The molecule has 0 aliphatic heterocycles. The van der Waals surface area contributed by atoms with E-state index in [2.05, 4.69) is 11.2 Å². The van der Waals surface area contributed by atoms with Crippen LogP contribution in [0.3, 0.4) is 0 Å². The summed E-state index contributed by atoms with van der Waals surface area (Å²) in [5, 5.41) is 12.2. The van der Waals surface area contributed by atoms with Crippen molar-refractivity contribution in [1.29, 1.82) is 5.26 Å². The zero-order chi connectivity index (χ0) is 16.8. The Morgan fingerprint density at radius 2 is 2.30 bits per heavy atom. The summed E-state index contributed by atoms with van der Waals surface area (Å²) < 4.78 is 10.6. The number of halogens is 1. The summed E-state index contributed by atoms with van der Waals surface area (Å²) in [4.78, 5) is 12.0. The summed E-state index contributed by atoms with van der Waals surface area (Å²) in [6.45, 7) is 0.0541. The summed E-state index contributed by atoms with van der Waals surface area (Å²) in [5.74, 6) is 2.65. The minimum atomic E-state index is -0.391. The molecule has 2 rings (SSSR count). The van der Waals surface area contributed by atoms with Crippen LogP contribution in [0.15, 0.2) is 17.7 Å². The lowest BCUT2D eigenvalue weighted by molar-refractivity contribution is -0.117. The van der Waals surface area contributed by atoms with E-state index >= 15 is 0 Å². The highest BCUT2D eigenvalue weighted by Crippen LogP contribution is 2.37. The van der Waals surface area contributed by atoms with E-state index in [-0.39, 0.29) is 23.2 Å². The fourth-order valence-corrected chi connectivity index (χ4v) is 2.16. The highest BCUT2D eigenvalue weighted by Gasteiger charge is 2.24. The minimum Gasteiger partial charge on any atom is -0.493 e. The van der Waals surface area contributed by atoms with E-state index in [1.165, 1.54) is 13.2 Å². The van der Waals surface area contributed by atoms with Gasteiger partial charge in [-0.05, 0) is 36.6 Å². The van der Waals surface area contributed by atoms with Gasteiger partial charge in [0.2, 0.25) is 0 Å². The first-order valence-electron chi connectivity index (χ1n) is 6.95. The fraction of sp³-hybridized carbons (Fsp3) is 0.294. The van der Waals surface area contributed by atoms with E-state index < -0.39 is 5.91 Å². The molecule has 1 aliphatic carbocycles. The Balaban J connectivity index is 2.29. The number of carbonyl (C=O) groups is 1. The van der Waals surface area contributed by atoms with Crippen LogP contribution in [0.25, 0.3) is 6.08 Å². The quantitative estimate of drug-likeness (QED) is 0.494. The van der Waals surface area contributed by atoms with Gasteiger partial charge in [0.1, 0.15) is 18.2 Å². The zero-order valence-corrected chi connectivity index (χ0v) is 13.3. The SMILES string of the molecule is C#CCOc1c(Cl)cc(/C=C(\C#N)C(=O)NC2CC2)cc1OC. The Morgan fingerprint density at radius 3 is 2.87 bits per heavy atom. The summed E-state index contributed by atoms with van der Waals surface area (Å²) in [7, 11) is 1.47. The number of hydrogen-bond acceptors (Lipinski definition) is 4. The molecule has 0 heterocycles. The molecule has 5 nitrogen and oxygen atoms in total. The molecule has 1 aromatic rings. The third-order valence-electron chi connectivity index (χ3n) is 3.14. The second-order valence-corrected chi connectivity index (χ2v) is 5.35. The predicted octanol–water partition coefficient (Wildman–Crippen LogP) is 2.55. The summed E-state index contributed by atoms with van der Waals surface area (Å²) in [6, 6.07) is 5.28. The van der Waals surface area contributed by atoms with Crippen molar-refractivity contribution in [1.82, 2.24) is 5.32 Å². The number of amides is 1. The smallest absolute Gasteiger partial charge is 0.262 e. The van der Waals surface area contributed by atoms with Gasteiger partial charge >= 0.3 is 0 Å². The molecule has 0 bridgehead atoms. The standard InChI is InChI=1S/C17H15ClN2O3/c1-3-6-23-16-14(18)8-11(9-15(16)22-2)7-12(10-19)17(21)20-13-4-5-13/h1,7-9,13H,4-6H2,2H3,(H,20,21)/b12-7+. The fourth-order valence-electron chi connectivity index (χ4n) is 1.88. The second kappa shape index (κ2) is 7.58. The molecule has 0 aromatic heterocycles. The van der Waals surface area contributed by atoms with Crippen molar-refractivity contribution >= 4 is 23.6 Å². The van der Waals surface area contributed by atoms with Crippen molar-refractivity contribution in [3.05, 3.63) is 28.3 Å². The maximum atomic E-state index is 12.0. The molecule has 0 saturated heterocycles. The highest BCUT2D eigenvalue weighted by molar-refractivity contribution is 6.32. The third kappa shape index (κ3) is 4.42. The average Bonchev–Trinajstić information content (AvgIpc) is 3.34. The number of nitrogens with zero attached hydrogens (tertiary/aromatic N) is 1. The van der Waals surface area contributed by atoms with Gasteiger partial charge in [0, 0.05) is 6.04 Å². The first-order valence-corrected chi connectivity index (χ1v) is 7.33. The van der Waals surface area contributed by atoms with E-state index in [4.69, 9.17) is 32.8 Å². The van der Waals surface area contributed by atoms with E-state index in [0.29, 0.717) is 17.1 Å². The molecular weight excluding hydrogens is 316 g/mol. The topological polar surface area (TPSA) is 71.3 Å². The lowest BCUT2D eigenvalue weighted by atomic mass is 10.1. The van der Waals surface area contributed by atoms with Crippen LogP contribution in [-0.2, 0) is 4.79 Å². The maximum absolute atomic E-state index is 12.0. The number of hydrogen-bond donors (Lipinski definition) is 1. The third-order valence-corrected chi connectivity index (χ3v) is 3.42. The molecule has 1 aromatic carbocycles. The van der Waals surface area contributed by atoms with Crippen LogP contribution >= 0.6 is 11.6 Å². The molecule has 0 atom stereocenters. The lowest BCUT2D eigenvalue weighted by Gasteiger charge is -2.11. The van der Waals surface area contributed by atoms with E-state index in [1.807, 2.05) is 6.07 Å². The minimum absolute atomic E-state index is 0.00677. The van der Waals surface area contributed by atoms with Crippen molar-refractivity contribution in [2.75, 3.05) is 13.7 Å². The van der Waals surface area contributed by atoms with Crippen LogP contribution in [0.1, 0.15) is 18.4 Å². The van der Waals surface area contributed by atoms with Crippen LogP contribution in [0.5, 0.6) is 11.5 Å². The molecule has 0 radical (unpaired) electrons. The number of ether oxygens (including phenoxy) is 2. The Morgan fingerprint density at radius 1 is 1.57 bits per heavy atom. The predicted molar refractivity (Wildman–Crippen MR) is 87.1 cm³/mol. The highest BCUT2D eigenvalue weighted by atomic mass is 35.5. The molecule has 23 heavy (non-hydrogen) atoms. The molecule has 0 spiro atoms. The Kier molecular flexibility index (Phi) is 5.51. The first kappa shape index (κ1) is 16.7. The number of rotatable bonds is 6. The monoisotopic (exact) mass is 330 g/mol. The normalized spacial score (nSPS) is 13.7. The van der Waals surface area contributed by atoms with E-state index in [1.54, 1.807) is 12.1 Å². The van der Waals surface area contributed by atoms with Crippen molar-refractivity contribution in [3.8, 4) is 29.9 Å². The van der Waals surface area contributed by atoms with Crippen LogP contribution in [-0.4, -0.2) is 25.7 Å². The van der Waals surface area contributed by atoms with Crippen LogP contribution in [0, 0.1) is 23.7 Å². The first-order chi connectivity index (χ1) is 11.1. The molecule has 1 aliphatic rings. The van der Waals surface area contributed by atoms with Gasteiger partial charge in [0.15, 0.2) is 11.5 Å². The van der Waals surface area contributed by atoms with Crippen molar-refractivity contribution in [2.45, 2.75) is 18.9 Å². The number of nitriles is 1. The van der Waals surface area contributed by atoms with Crippen LogP contribution in [0.4, 0.5) is 0 Å². The average molecular weight is 331 g/mol. The second-order valence-electron chi connectivity index (χ2n) is 4.94. The molecule has 1 amide bonds. The van der Waals surface area contributed by atoms with Gasteiger partial charge < -0.3 is 14.8 Å². The molecular formula is C17H15ClN2O3. The van der Waals surface area contributed by atoms with Gasteiger partial charge in [-0.3, -0.25) is 4.79 Å². The summed E-state index contributed by atoms with van der Waals surface area (Å²) in [6.07, 6.45) is 8.52. The van der Waals surface area contributed by atoms with Gasteiger partial charge in [0.05, 0.1) is 12.1 Å². The molecule has 1 fully saturated rings. The van der Waals surface area contributed by atoms with Crippen LogP contribution in [0.2, 0.25) is 5.02 Å². The molecule has 0 unspecified atom stereocenters. The van der Waals surface area contributed by atoms with Gasteiger partial charge in [0.25, 0.3) is 5.91 Å². The van der Waals surface area contributed by atoms with Crippen molar-refractivity contribution < 1.29 is 14.3 Å². The van der Waals surface area contributed by atoms with E-state index in [9.17, 15) is 4.79 Å². The Labute approximate surface area is 139 Å². The Bertz CT molecular complexity index is 725. The number of benzene rings is 1. The van der Waals surface area contributed by atoms with E-state index in [0.717, 1.165) is 12.8 Å². The number of carbonyl (C=O) groups excluding carboxylic acids is 1. The maximum Gasteiger partial charge on any atom is 0.262 e. The van der Waals surface area contributed by atoms with Crippen LogP contribution < -0.4 is 14.8 Å². The van der Waals surface area contributed by atoms with Crippen molar-refractivity contribution in [2.24, 2.45) is 0 Å². The number of terminal acetylenes is 1. The molecule has 118 valence electrons. The van der Waals surface area contributed by atoms with Gasteiger partial charge in [-0.1, -0.05) is 17.5 Å². The molecule has 1 N–H and O–H groups in total.